The highest BCUT2D eigenvalue weighted by Crippen LogP contribution is 2.52. The predicted octanol–water partition coefficient (Wildman–Crippen LogP) is 2.08. The van der Waals surface area contributed by atoms with Crippen LogP contribution in [0.25, 0.3) is 0 Å². The fraction of sp³-hybridized carbons (Fsp3) is 0.923. The van der Waals surface area contributed by atoms with Crippen LogP contribution < -0.4 is 5.73 Å². The highest BCUT2D eigenvalue weighted by molar-refractivity contribution is 5.85. The molecule has 0 unspecified atom stereocenters. The van der Waals surface area contributed by atoms with Crippen molar-refractivity contribution in [3.63, 3.8) is 0 Å². The zero-order valence-electron chi connectivity index (χ0n) is 10.4. The van der Waals surface area contributed by atoms with E-state index < -0.39 is 0 Å². The van der Waals surface area contributed by atoms with Gasteiger partial charge >= 0.3 is 0 Å². The Bertz CT molecular complexity index is 288. The number of amides is 1. The number of fused-ring (bicyclic) bond motifs is 3. The number of rotatable bonds is 1. The first-order valence-electron chi connectivity index (χ1n) is 6.72. The molecule has 3 nitrogen and oxygen atoms in total. The molecule has 1 heterocycles. The summed E-state index contributed by atoms with van der Waals surface area (Å²) in [4.78, 5) is 14.7. The second-order valence-corrected chi connectivity index (χ2v) is 6.14. The molecule has 17 heavy (non-hydrogen) atoms. The maximum absolute atomic E-state index is 12.6. The van der Waals surface area contributed by atoms with Crippen molar-refractivity contribution in [2.24, 2.45) is 11.1 Å². The summed E-state index contributed by atoms with van der Waals surface area (Å²) in [6.07, 6.45) is 8.70. The second kappa shape index (κ2) is 4.43. The van der Waals surface area contributed by atoms with Crippen molar-refractivity contribution < 1.29 is 4.79 Å². The maximum Gasteiger partial charge on any atom is 0.228 e. The van der Waals surface area contributed by atoms with Gasteiger partial charge in [-0.25, -0.2) is 0 Å². The van der Waals surface area contributed by atoms with Gasteiger partial charge in [0.1, 0.15) is 0 Å². The summed E-state index contributed by atoms with van der Waals surface area (Å²) in [6, 6.07) is 0. The van der Waals surface area contributed by atoms with Crippen molar-refractivity contribution in [3.8, 4) is 0 Å². The molecule has 1 saturated heterocycles. The highest BCUT2D eigenvalue weighted by Gasteiger charge is 2.52. The number of hydrogen-bond acceptors (Lipinski definition) is 2. The van der Waals surface area contributed by atoms with Crippen LogP contribution in [0.2, 0.25) is 0 Å². The second-order valence-electron chi connectivity index (χ2n) is 6.14. The van der Waals surface area contributed by atoms with Crippen molar-refractivity contribution in [2.45, 2.75) is 56.9 Å². The number of carbonyl (C=O) groups excluding carboxylic acids is 1. The Labute approximate surface area is 110 Å². The molecule has 2 N–H and O–H groups in total. The zero-order valence-corrected chi connectivity index (χ0v) is 11.2. The number of hydrogen-bond donors (Lipinski definition) is 1. The summed E-state index contributed by atoms with van der Waals surface area (Å²) < 4.78 is 0. The molecule has 0 aromatic carbocycles. The Morgan fingerprint density at radius 2 is 1.41 bits per heavy atom. The van der Waals surface area contributed by atoms with Crippen molar-refractivity contribution in [1.29, 1.82) is 0 Å². The average Bonchev–Trinajstić information content (AvgIpc) is 2.83. The molecule has 0 atom stereocenters. The number of carbonyl (C=O) groups is 1. The van der Waals surface area contributed by atoms with Crippen LogP contribution in [0.3, 0.4) is 0 Å². The van der Waals surface area contributed by atoms with Gasteiger partial charge in [0.05, 0.1) is 0 Å². The molecule has 0 radical (unpaired) electrons. The Hall–Kier alpha value is -0.280. The molecule has 4 heteroatoms. The van der Waals surface area contributed by atoms with Gasteiger partial charge in [0, 0.05) is 24.0 Å². The molecule has 4 rings (SSSR count). The third kappa shape index (κ3) is 2.08. The van der Waals surface area contributed by atoms with E-state index in [1.165, 1.54) is 12.8 Å². The summed E-state index contributed by atoms with van der Waals surface area (Å²) in [7, 11) is 0. The van der Waals surface area contributed by atoms with Crippen LogP contribution in [-0.2, 0) is 4.79 Å². The van der Waals surface area contributed by atoms with E-state index in [2.05, 4.69) is 4.90 Å². The Balaban J connectivity index is 0.00000108. The van der Waals surface area contributed by atoms with E-state index in [1.54, 1.807) is 0 Å². The summed E-state index contributed by atoms with van der Waals surface area (Å²) >= 11 is 0. The average molecular weight is 259 g/mol. The summed E-state index contributed by atoms with van der Waals surface area (Å²) in [5.41, 5.74) is 6.35. The Morgan fingerprint density at radius 1 is 0.941 bits per heavy atom. The van der Waals surface area contributed by atoms with Crippen LogP contribution in [0.1, 0.15) is 51.4 Å². The lowest BCUT2D eigenvalue weighted by molar-refractivity contribution is -0.147. The molecule has 4 aliphatic rings. The van der Waals surface area contributed by atoms with Crippen molar-refractivity contribution in [1.82, 2.24) is 4.90 Å². The van der Waals surface area contributed by atoms with Gasteiger partial charge in [0.2, 0.25) is 5.91 Å². The van der Waals surface area contributed by atoms with E-state index in [-0.39, 0.29) is 23.4 Å². The van der Waals surface area contributed by atoms with Crippen molar-refractivity contribution in [3.05, 3.63) is 0 Å². The minimum atomic E-state index is -0.00847. The van der Waals surface area contributed by atoms with Crippen LogP contribution in [0, 0.1) is 5.41 Å². The van der Waals surface area contributed by atoms with Gasteiger partial charge in [-0.3, -0.25) is 4.79 Å². The first-order chi connectivity index (χ1) is 7.64. The number of nitrogens with zero attached hydrogens (tertiary/aromatic N) is 1. The van der Waals surface area contributed by atoms with Crippen LogP contribution >= 0.6 is 12.4 Å². The van der Waals surface area contributed by atoms with E-state index in [0.717, 1.165) is 51.6 Å². The molecule has 1 amide bonds. The molecule has 0 aromatic rings. The van der Waals surface area contributed by atoms with E-state index in [4.69, 9.17) is 5.73 Å². The van der Waals surface area contributed by atoms with Gasteiger partial charge < -0.3 is 10.6 Å². The number of likely N-dealkylation sites (tertiary alicyclic amines) is 1. The summed E-state index contributed by atoms with van der Waals surface area (Å²) in [6.45, 7) is 1.99. The molecular formula is C13H23ClN2O. The smallest absolute Gasteiger partial charge is 0.228 e. The van der Waals surface area contributed by atoms with Gasteiger partial charge in [-0.2, -0.15) is 0 Å². The highest BCUT2D eigenvalue weighted by atomic mass is 35.5. The van der Waals surface area contributed by atoms with Crippen molar-refractivity contribution in [2.75, 3.05) is 13.1 Å². The molecule has 98 valence electrons. The summed E-state index contributed by atoms with van der Waals surface area (Å²) in [5, 5.41) is 0. The Kier molecular flexibility index (Phi) is 3.43. The minimum absolute atomic E-state index is 0. The van der Waals surface area contributed by atoms with Gasteiger partial charge in [-0.15, -0.1) is 12.4 Å². The van der Waals surface area contributed by atoms with E-state index >= 15 is 0 Å². The SMILES string of the molecule is Cl.NC12CCC(C(=O)N3CCCC3)(CC1)CC2. The van der Waals surface area contributed by atoms with Gasteiger partial charge in [0.15, 0.2) is 0 Å². The van der Waals surface area contributed by atoms with Crippen LogP contribution in [0.15, 0.2) is 0 Å². The van der Waals surface area contributed by atoms with E-state index in [1.807, 2.05) is 0 Å². The van der Waals surface area contributed by atoms with Gasteiger partial charge in [-0.05, 0) is 51.4 Å². The van der Waals surface area contributed by atoms with E-state index in [9.17, 15) is 4.79 Å². The third-order valence-corrected chi connectivity index (χ3v) is 5.15. The standard InChI is InChI=1S/C13H22N2O.ClH/c14-13-6-3-12(4-7-13,5-8-13)11(16)15-9-1-2-10-15;/h1-10,14H2;1H. The first-order valence-corrected chi connectivity index (χ1v) is 6.72. The lowest BCUT2D eigenvalue weighted by Crippen LogP contribution is -2.56. The normalized spacial score (nSPS) is 40.2. The quantitative estimate of drug-likeness (QED) is 0.783. The van der Waals surface area contributed by atoms with Gasteiger partial charge in [0.25, 0.3) is 0 Å². The maximum atomic E-state index is 12.6. The molecule has 0 aromatic heterocycles. The zero-order chi connectivity index (χ0) is 11.2. The van der Waals surface area contributed by atoms with Crippen LogP contribution in [0.4, 0.5) is 0 Å². The fourth-order valence-corrected chi connectivity index (χ4v) is 3.79. The molecule has 3 saturated carbocycles. The molecule has 4 fully saturated rings. The lowest BCUT2D eigenvalue weighted by atomic mass is 9.57. The monoisotopic (exact) mass is 258 g/mol. The minimum Gasteiger partial charge on any atom is -0.342 e. The first kappa shape index (κ1) is 13.2. The van der Waals surface area contributed by atoms with Gasteiger partial charge in [-0.1, -0.05) is 0 Å². The molecule has 2 bridgehead atoms. The summed E-state index contributed by atoms with van der Waals surface area (Å²) in [5.74, 6) is 0.451. The predicted molar refractivity (Wildman–Crippen MR) is 70.1 cm³/mol. The topological polar surface area (TPSA) is 46.3 Å². The van der Waals surface area contributed by atoms with Crippen LogP contribution in [0.5, 0.6) is 0 Å². The molecule has 1 aliphatic heterocycles. The van der Waals surface area contributed by atoms with Crippen molar-refractivity contribution >= 4 is 18.3 Å². The Morgan fingerprint density at radius 3 is 1.88 bits per heavy atom. The molecular weight excluding hydrogens is 236 g/mol. The van der Waals surface area contributed by atoms with E-state index in [0.29, 0.717) is 5.91 Å². The number of nitrogens with two attached hydrogens (primary N) is 1. The number of halogens is 1. The van der Waals surface area contributed by atoms with Crippen LogP contribution in [-0.4, -0.2) is 29.4 Å². The largest absolute Gasteiger partial charge is 0.342 e. The molecule has 0 spiro atoms. The molecule has 3 aliphatic carbocycles. The third-order valence-electron chi connectivity index (χ3n) is 5.15. The fourth-order valence-electron chi connectivity index (χ4n) is 3.79. The lowest BCUT2D eigenvalue weighted by Gasteiger charge is -2.51.